The predicted octanol–water partition coefficient (Wildman–Crippen LogP) is 4.85. The molecule has 0 saturated carbocycles. The molecule has 0 aliphatic carbocycles. The highest BCUT2D eigenvalue weighted by molar-refractivity contribution is 5.87. The van der Waals surface area contributed by atoms with Gasteiger partial charge in [-0.05, 0) is 62.6 Å². The fourth-order valence-corrected chi connectivity index (χ4v) is 2.67. The van der Waals surface area contributed by atoms with Gasteiger partial charge in [0.15, 0.2) is 0 Å². The first-order valence-corrected chi connectivity index (χ1v) is 8.61. The normalized spacial score (nSPS) is 11.0. The second-order valence-electron chi connectivity index (χ2n) is 6.50. The first-order valence-electron chi connectivity index (χ1n) is 8.61. The quantitative estimate of drug-likeness (QED) is 0.779. The van der Waals surface area contributed by atoms with Crippen LogP contribution in [0.25, 0.3) is 0 Å². The van der Waals surface area contributed by atoms with Crippen molar-refractivity contribution < 1.29 is 14.6 Å². The third-order valence-corrected chi connectivity index (χ3v) is 3.88. The summed E-state index contributed by atoms with van der Waals surface area (Å²) in [5.74, 6) is 0.979. The Morgan fingerprint density at radius 3 is 2.40 bits per heavy atom. The average Bonchev–Trinajstić information content (AvgIpc) is 2.56. The Hall–Kier alpha value is -2.56. The van der Waals surface area contributed by atoms with Crippen molar-refractivity contribution in [3.63, 3.8) is 0 Å². The molecule has 0 spiro atoms. The molecule has 0 aliphatic rings. The van der Waals surface area contributed by atoms with Crippen LogP contribution in [0.15, 0.2) is 36.5 Å². The maximum absolute atomic E-state index is 11.0. The number of ether oxygens (including phenoxy) is 1. The fourth-order valence-electron chi connectivity index (χ4n) is 2.67. The number of hydrogen-bond donors (Lipinski definition) is 1. The van der Waals surface area contributed by atoms with Crippen LogP contribution in [0.2, 0.25) is 0 Å². The molecule has 1 N–H and O–H groups in total. The van der Waals surface area contributed by atoms with Gasteiger partial charge in [-0.3, -0.25) is 0 Å². The average molecular weight is 342 g/mol. The largest absolute Gasteiger partial charge is 0.491 e. The number of carboxylic acid groups (broad SMARTS) is 1. The zero-order chi connectivity index (χ0) is 18.6. The number of pyridine rings is 1. The van der Waals surface area contributed by atoms with E-state index >= 15 is 0 Å². The third-order valence-electron chi connectivity index (χ3n) is 3.88. The third kappa shape index (κ3) is 4.50. The molecule has 1 aromatic carbocycles. The van der Waals surface area contributed by atoms with E-state index in [-0.39, 0.29) is 11.7 Å². The topological polar surface area (TPSA) is 62.7 Å². The van der Waals surface area contributed by atoms with Crippen LogP contribution in [0.1, 0.15) is 56.5 Å². The van der Waals surface area contributed by atoms with E-state index in [1.807, 2.05) is 32.9 Å². The van der Waals surface area contributed by atoms with Crippen molar-refractivity contribution in [1.82, 2.24) is 4.98 Å². The van der Waals surface area contributed by atoms with Gasteiger partial charge in [0.1, 0.15) is 11.6 Å². The first kappa shape index (κ1) is 18.8. The molecule has 1 aromatic heterocycles. The number of nitrogens with zero attached hydrogens (tertiary/aromatic N) is 2. The molecule has 0 atom stereocenters. The Balaban J connectivity index is 2.39. The summed E-state index contributed by atoms with van der Waals surface area (Å²) in [7, 11) is 0. The van der Waals surface area contributed by atoms with Gasteiger partial charge >= 0.3 is 5.97 Å². The van der Waals surface area contributed by atoms with E-state index in [1.165, 1.54) is 6.20 Å². The van der Waals surface area contributed by atoms with Crippen molar-refractivity contribution in [2.24, 2.45) is 0 Å². The molecule has 2 rings (SSSR count). The fraction of sp³-hybridized carbons (Fsp3) is 0.400. The Kier molecular flexibility index (Phi) is 6.02. The van der Waals surface area contributed by atoms with E-state index in [0.717, 1.165) is 29.4 Å². The molecule has 25 heavy (non-hydrogen) atoms. The molecule has 2 aromatic rings. The van der Waals surface area contributed by atoms with Crippen LogP contribution in [0.4, 0.5) is 11.5 Å². The molecule has 0 saturated heterocycles. The molecule has 0 amide bonds. The highest BCUT2D eigenvalue weighted by atomic mass is 16.5. The zero-order valence-corrected chi connectivity index (χ0v) is 15.5. The van der Waals surface area contributed by atoms with E-state index in [0.29, 0.717) is 5.92 Å². The van der Waals surface area contributed by atoms with E-state index in [2.05, 4.69) is 29.8 Å². The van der Waals surface area contributed by atoms with Gasteiger partial charge in [0, 0.05) is 18.4 Å². The Labute approximate surface area is 149 Å². The number of anilines is 2. The second kappa shape index (κ2) is 8.01. The van der Waals surface area contributed by atoms with Crippen LogP contribution in [0, 0.1) is 0 Å². The molecule has 5 heteroatoms. The minimum atomic E-state index is -0.973. The molecule has 134 valence electrons. The van der Waals surface area contributed by atoms with Gasteiger partial charge in [-0.1, -0.05) is 13.8 Å². The van der Waals surface area contributed by atoms with Crippen LogP contribution >= 0.6 is 0 Å². The maximum atomic E-state index is 11.0. The lowest BCUT2D eigenvalue weighted by molar-refractivity contribution is 0.0696. The van der Waals surface area contributed by atoms with Crippen molar-refractivity contribution in [1.29, 1.82) is 0 Å². The van der Waals surface area contributed by atoms with Crippen molar-refractivity contribution in [2.45, 2.75) is 46.6 Å². The summed E-state index contributed by atoms with van der Waals surface area (Å²) in [5.41, 5.74) is 2.34. The molecule has 0 bridgehead atoms. The number of carbonyl (C=O) groups is 1. The van der Waals surface area contributed by atoms with Crippen molar-refractivity contribution in [3.8, 4) is 5.75 Å². The molecular weight excluding hydrogens is 316 g/mol. The summed E-state index contributed by atoms with van der Waals surface area (Å²) >= 11 is 0. The number of aromatic nitrogens is 1. The minimum absolute atomic E-state index is 0.121. The number of benzene rings is 1. The Morgan fingerprint density at radius 1 is 1.20 bits per heavy atom. The summed E-state index contributed by atoms with van der Waals surface area (Å²) in [6.07, 6.45) is 1.51. The first-order chi connectivity index (χ1) is 11.8. The predicted molar refractivity (Wildman–Crippen MR) is 100 cm³/mol. The van der Waals surface area contributed by atoms with Crippen molar-refractivity contribution in [2.75, 3.05) is 11.4 Å². The van der Waals surface area contributed by atoms with E-state index < -0.39 is 5.97 Å². The van der Waals surface area contributed by atoms with Gasteiger partial charge < -0.3 is 14.7 Å². The Morgan fingerprint density at radius 2 is 1.92 bits per heavy atom. The number of carboxylic acids is 1. The van der Waals surface area contributed by atoms with E-state index in [4.69, 9.17) is 9.84 Å². The van der Waals surface area contributed by atoms with E-state index in [9.17, 15) is 4.79 Å². The molecule has 0 unspecified atom stereocenters. The zero-order valence-electron chi connectivity index (χ0n) is 15.5. The van der Waals surface area contributed by atoms with Crippen molar-refractivity contribution >= 4 is 17.5 Å². The minimum Gasteiger partial charge on any atom is -0.491 e. The van der Waals surface area contributed by atoms with Crippen LogP contribution in [-0.2, 0) is 0 Å². The van der Waals surface area contributed by atoms with Gasteiger partial charge in [-0.15, -0.1) is 0 Å². The molecular formula is C20H26N2O3. The van der Waals surface area contributed by atoms with Crippen LogP contribution in [0.3, 0.4) is 0 Å². The van der Waals surface area contributed by atoms with Gasteiger partial charge in [-0.2, -0.15) is 0 Å². The summed E-state index contributed by atoms with van der Waals surface area (Å²) in [5, 5.41) is 9.02. The lowest BCUT2D eigenvalue weighted by Gasteiger charge is -2.25. The van der Waals surface area contributed by atoms with E-state index in [1.54, 1.807) is 12.1 Å². The summed E-state index contributed by atoms with van der Waals surface area (Å²) in [6.45, 7) is 11.1. The molecule has 0 radical (unpaired) electrons. The lowest BCUT2D eigenvalue weighted by Crippen LogP contribution is -2.18. The smallest absolute Gasteiger partial charge is 0.337 e. The highest BCUT2D eigenvalue weighted by Gasteiger charge is 2.15. The summed E-state index contributed by atoms with van der Waals surface area (Å²) in [4.78, 5) is 17.4. The molecule has 1 heterocycles. The number of hydrogen-bond acceptors (Lipinski definition) is 4. The van der Waals surface area contributed by atoms with Crippen LogP contribution in [0.5, 0.6) is 5.75 Å². The van der Waals surface area contributed by atoms with Gasteiger partial charge in [0.05, 0.1) is 11.7 Å². The maximum Gasteiger partial charge on any atom is 0.337 e. The number of aromatic carboxylic acids is 1. The van der Waals surface area contributed by atoms with Gasteiger partial charge in [0.2, 0.25) is 0 Å². The molecule has 5 nitrogen and oxygen atoms in total. The van der Waals surface area contributed by atoms with Crippen LogP contribution < -0.4 is 9.64 Å². The second-order valence-corrected chi connectivity index (χ2v) is 6.50. The van der Waals surface area contributed by atoms with Crippen molar-refractivity contribution in [3.05, 3.63) is 47.7 Å². The monoisotopic (exact) mass is 342 g/mol. The van der Waals surface area contributed by atoms with Gasteiger partial charge in [0.25, 0.3) is 0 Å². The standard InChI is InChI=1S/C20H26N2O3/c1-6-22(19-10-7-15(12-21-19)20(23)24)16-8-9-18(25-14(4)5)17(11-16)13(2)3/h7-14H,6H2,1-5H3,(H,23,24). The van der Waals surface area contributed by atoms with Gasteiger partial charge in [-0.25, -0.2) is 9.78 Å². The Bertz CT molecular complexity index is 724. The molecule has 0 aliphatic heterocycles. The lowest BCUT2D eigenvalue weighted by atomic mass is 10.0. The number of rotatable bonds is 7. The summed E-state index contributed by atoms with van der Waals surface area (Å²) < 4.78 is 5.92. The van der Waals surface area contributed by atoms with Crippen LogP contribution in [-0.4, -0.2) is 28.7 Å². The SMILES string of the molecule is CCN(c1ccc(OC(C)C)c(C(C)C)c1)c1ccc(C(=O)O)cn1. The highest BCUT2D eigenvalue weighted by Crippen LogP contribution is 2.33. The summed E-state index contributed by atoms with van der Waals surface area (Å²) in [6, 6.07) is 9.45. The molecule has 0 fully saturated rings.